The third-order valence-corrected chi connectivity index (χ3v) is 12.6. The van der Waals surface area contributed by atoms with Gasteiger partial charge in [0, 0.05) is 38.1 Å². The molecule has 0 saturated carbocycles. The van der Waals surface area contributed by atoms with Crippen LogP contribution in [-0.2, 0) is 0 Å². The molecule has 13 aromatic rings. The maximum atomic E-state index is 7.09. The van der Waals surface area contributed by atoms with E-state index in [1.54, 1.807) is 0 Å². The van der Waals surface area contributed by atoms with Crippen LogP contribution in [0, 0.1) is 0 Å². The molecule has 0 aliphatic rings. The van der Waals surface area contributed by atoms with Crippen molar-refractivity contribution in [3.8, 4) is 62.1 Å². The second-order valence-electron chi connectivity index (χ2n) is 16.3. The van der Waals surface area contributed by atoms with Gasteiger partial charge in [0.15, 0.2) is 17.5 Å². The Bertz CT molecular complexity index is 3830. The van der Waals surface area contributed by atoms with Gasteiger partial charge in [-0.1, -0.05) is 194 Å². The zero-order valence-electron chi connectivity index (χ0n) is 34.5. The molecule has 5 nitrogen and oxygen atoms in total. The van der Waals surface area contributed by atoms with Gasteiger partial charge in [0.05, 0.1) is 22.3 Å². The number of nitrogens with zero attached hydrogens (tertiary/aromatic N) is 4. The third-order valence-electron chi connectivity index (χ3n) is 12.6. The summed E-state index contributed by atoms with van der Waals surface area (Å²) in [6, 6.07) is 76.8. The monoisotopic (exact) mass is 816 g/mol. The zero-order valence-corrected chi connectivity index (χ0v) is 34.5. The average Bonchev–Trinajstić information content (AvgIpc) is 3.91. The van der Waals surface area contributed by atoms with Crippen LogP contribution >= 0.6 is 0 Å². The van der Waals surface area contributed by atoms with Gasteiger partial charge in [-0.15, -0.1) is 0 Å². The fourth-order valence-electron chi connectivity index (χ4n) is 9.61. The molecule has 3 aromatic heterocycles. The van der Waals surface area contributed by atoms with Crippen LogP contribution in [0.25, 0.3) is 127 Å². The van der Waals surface area contributed by atoms with Crippen LogP contribution in [-0.4, -0.2) is 19.5 Å². The Morgan fingerprint density at radius 1 is 0.328 bits per heavy atom. The van der Waals surface area contributed by atoms with E-state index in [-0.39, 0.29) is 0 Å². The smallest absolute Gasteiger partial charge is 0.170 e. The van der Waals surface area contributed by atoms with Crippen LogP contribution in [0.1, 0.15) is 0 Å². The summed E-state index contributed by atoms with van der Waals surface area (Å²) in [6.45, 7) is 0. The minimum atomic E-state index is 0.524. The van der Waals surface area contributed by atoms with Crippen molar-refractivity contribution in [2.24, 2.45) is 0 Å². The molecular weight excluding hydrogens is 781 g/mol. The molecule has 0 fully saturated rings. The number of para-hydroxylation sites is 2. The highest BCUT2D eigenvalue weighted by atomic mass is 16.3. The van der Waals surface area contributed by atoms with E-state index in [4.69, 9.17) is 19.4 Å². The Morgan fingerprint density at radius 3 is 1.44 bits per heavy atom. The first-order chi connectivity index (χ1) is 31.7. The molecule has 10 aromatic carbocycles. The van der Waals surface area contributed by atoms with Crippen molar-refractivity contribution in [2.45, 2.75) is 0 Å². The van der Waals surface area contributed by atoms with E-state index >= 15 is 0 Å². The number of rotatable bonds is 6. The normalized spacial score (nSPS) is 11.8. The highest BCUT2D eigenvalue weighted by Crippen LogP contribution is 2.48. The average molecular weight is 817 g/mol. The standard InChI is InChI=1S/C59H36N4O/c1-3-15-37(16-4-1)39-27-31-41(32-28-39)57-60-58(42-33-29-40(30-34-42)38-17-5-2-6-18-38)62-59(61-57)54-55(47-23-10-9-22-46(47)53-48-24-12-14-26-52(48)64-56(53)54)63-50-25-13-11-21-45(50)49-35-43-19-7-8-20-44(43)36-51(49)63/h1-36H. The molecule has 0 aliphatic heterocycles. The molecule has 0 saturated heterocycles. The number of hydrogen-bond acceptors (Lipinski definition) is 4. The van der Waals surface area contributed by atoms with Crippen molar-refractivity contribution in [3.63, 3.8) is 0 Å². The fraction of sp³-hybridized carbons (Fsp3) is 0. The fourth-order valence-corrected chi connectivity index (χ4v) is 9.61. The van der Waals surface area contributed by atoms with Crippen molar-refractivity contribution in [2.75, 3.05) is 0 Å². The molecule has 5 heteroatoms. The Balaban J connectivity index is 1.15. The second kappa shape index (κ2) is 14.5. The van der Waals surface area contributed by atoms with Crippen molar-refractivity contribution in [1.29, 1.82) is 0 Å². The van der Waals surface area contributed by atoms with Gasteiger partial charge in [-0.3, -0.25) is 0 Å². The van der Waals surface area contributed by atoms with Gasteiger partial charge in [-0.2, -0.15) is 0 Å². The predicted molar refractivity (Wildman–Crippen MR) is 264 cm³/mol. The van der Waals surface area contributed by atoms with Gasteiger partial charge >= 0.3 is 0 Å². The molecule has 298 valence electrons. The lowest BCUT2D eigenvalue weighted by molar-refractivity contribution is 0.669. The molecule has 0 atom stereocenters. The molecule has 13 rings (SSSR count). The highest BCUT2D eigenvalue weighted by Gasteiger charge is 2.28. The Kier molecular flexibility index (Phi) is 8.15. The van der Waals surface area contributed by atoms with Gasteiger partial charge in [-0.25, -0.2) is 15.0 Å². The van der Waals surface area contributed by atoms with Gasteiger partial charge in [-0.05, 0) is 62.7 Å². The molecule has 0 aliphatic carbocycles. The van der Waals surface area contributed by atoms with Crippen LogP contribution in [0.4, 0.5) is 0 Å². The quantitative estimate of drug-likeness (QED) is 0.168. The second-order valence-corrected chi connectivity index (χ2v) is 16.3. The van der Waals surface area contributed by atoms with E-state index in [0.29, 0.717) is 17.5 Å². The molecule has 0 N–H and O–H groups in total. The Hall–Kier alpha value is -8.67. The van der Waals surface area contributed by atoms with Crippen molar-refractivity contribution < 1.29 is 4.42 Å². The van der Waals surface area contributed by atoms with Crippen LogP contribution in [0.3, 0.4) is 0 Å². The van der Waals surface area contributed by atoms with E-state index in [2.05, 4.69) is 199 Å². The summed E-state index contributed by atoms with van der Waals surface area (Å²) >= 11 is 0. The summed E-state index contributed by atoms with van der Waals surface area (Å²) in [5.41, 5.74) is 11.8. The number of benzene rings is 10. The van der Waals surface area contributed by atoms with Gasteiger partial charge < -0.3 is 8.98 Å². The lowest BCUT2D eigenvalue weighted by atomic mass is 9.96. The van der Waals surface area contributed by atoms with Crippen LogP contribution < -0.4 is 0 Å². The maximum absolute atomic E-state index is 7.09. The number of aromatic nitrogens is 4. The first kappa shape index (κ1) is 36.0. The highest BCUT2D eigenvalue weighted by molar-refractivity contribution is 6.26. The van der Waals surface area contributed by atoms with Crippen LogP contribution in [0.2, 0.25) is 0 Å². The molecule has 3 heterocycles. The lowest BCUT2D eigenvalue weighted by Crippen LogP contribution is -2.05. The van der Waals surface area contributed by atoms with Crippen LogP contribution in [0.5, 0.6) is 0 Å². The topological polar surface area (TPSA) is 56.7 Å². The largest absolute Gasteiger partial charge is 0.455 e. The summed E-state index contributed by atoms with van der Waals surface area (Å²) < 4.78 is 9.50. The lowest BCUT2D eigenvalue weighted by Gasteiger charge is -2.18. The Labute approximate surface area is 368 Å². The molecule has 64 heavy (non-hydrogen) atoms. The van der Waals surface area contributed by atoms with Gasteiger partial charge in [0.1, 0.15) is 11.2 Å². The van der Waals surface area contributed by atoms with Crippen molar-refractivity contribution in [3.05, 3.63) is 218 Å². The van der Waals surface area contributed by atoms with Gasteiger partial charge in [0.25, 0.3) is 0 Å². The first-order valence-electron chi connectivity index (χ1n) is 21.6. The molecular formula is C59H36N4O. The van der Waals surface area contributed by atoms with Crippen LogP contribution in [0.15, 0.2) is 223 Å². The number of fused-ring (bicyclic) bond motifs is 9. The number of hydrogen-bond donors (Lipinski definition) is 0. The molecule has 0 spiro atoms. The van der Waals surface area contributed by atoms with E-state index in [0.717, 1.165) is 99.1 Å². The van der Waals surface area contributed by atoms with Crippen molar-refractivity contribution >= 4 is 65.3 Å². The SMILES string of the molecule is c1ccc(-c2ccc(-c3nc(-c4ccc(-c5ccccc5)cc4)nc(-c4c(-n5c6ccccc6c6cc7ccccc7cc65)c5ccccc5c5c4oc4ccccc45)n3)cc2)cc1. The third kappa shape index (κ3) is 5.75. The summed E-state index contributed by atoms with van der Waals surface area (Å²) in [6.07, 6.45) is 0. The minimum absolute atomic E-state index is 0.524. The van der Waals surface area contributed by atoms with Crippen molar-refractivity contribution in [1.82, 2.24) is 19.5 Å². The molecule has 0 amide bonds. The summed E-state index contributed by atoms with van der Waals surface area (Å²) in [5, 5.41) is 8.92. The van der Waals surface area contributed by atoms with E-state index in [1.807, 2.05) is 24.3 Å². The Morgan fingerprint density at radius 2 is 0.797 bits per heavy atom. The van der Waals surface area contributed by atoms with E-state index in [9.17, 15) is 0 Å². The number of furan rings is 1. The zero-order chi connectivity index (χ0) is 42.1. The first-order valence-corrected chi connectivity index (χ1v) is 21.6. The minimum Gasteiger partial charge on any atom is -0.455 e. The summed E-state index contributed by atoms with van der Waals surface area (Å²) in [4.78, 5) is 16.2. The molecule has 0 radical (unpaired) electrons. The predicted octanol–water partition coefficient (Wildman–Crippen LogP) is 15.5. The molecule has 0 unspecified atom stereocenters. The summed E-state index contributed by atoms with van der Waals surface area (Å²) in [7, 11) is 0. The maximum Gasteiger partial charge on any atom is 0.170 e. The molecule has 0 bridgehead atoms. The summed E-state index contributed by atoms with van der Waals surface area (Å²) in [5.74, 6) is 1.67. The van der Waals surface area contributed by atoms with Gasteiger partial charge in [0.2, 0.25) is 0 Å². The van der Waals surface area contributed by atoms with E-state index < -0.39 is 0 Å². The van der Waals surface area contributed by atoms with E-state index in [1.165, 1.54) is 10.8 Å².